The van der Waals surface area contributed by atoms with Crippen molar-refractivity contribution in [2.75, 3.05) is 18.2 Å². The molecule has 0 aliphatic heterocycles. The Labute approximate surface area is 182 Å². The molecule has 1 aromatic heterocycles. The Bertz CT molecular complexity index is 1310. The highest BCUT2D eigenvalue weighted by molar-refractivity contribution is 7.99. The zero-order chi connectivity index (χ0) is 21.8. The van der Waals surface area contributed by atoms with Gasteiger partial charge < -0.3 is 15.2 Å². The maximum atomic E-state index is 12.6. The molecule has 7 nitrogen and oxygen atoms in total. The van der Waals surface area contributed by atoms with Crippen LogP contribution < -0.4 is 15.6 Å². The molecule has 0 saturated carbocycles. The summed E-state index contributed by atoms with van der Waals surface area (Å²) in [5.41, 5.74) is 0.697. The van der Waals surface area contributed by atoms with Crippen LogP contribution in [0.1, 0.15) is 0 Å². The summed E-state index contributed by atoms with van der Waals surface area (Å²) in [5, 5.41) is 14.9. The number of aromatic hydroxyl groups is 1. The first-order chi connectivity index (χ1) is 15.1. The molecule has 1 amide bonds. The fourth-order valence-electron chi connectivity index (χ4n) is 3.23. The zero-order valence-corrected chi connectivity index (χ0v) is 17.4. The molecule has 1 heterocycles. The summed E-state index contributed by atoms with van der Waals surface area (Å²) in [6.07, 6.45) is 0. The Morgan fingerprint density at radius 1 is 1.10 bits per heavy atom. The van der Waals surface area contributed by atoms with Crippen LogP contribution in [-0.2, 0) is 4.79 Å². The molecule has 0 radical (unpaired) electrons. The van der Waals surface area contributed by atoms with E-state index in [1.165, 1.54) is 11.7 Å². The van der Waals surface area contributed by atoms with Crippen LogP contribution in [0.25, 0.3) is 16.5 Å². The number of ether oxygens (including phenoxy) is 1. The summed E-state index contributed by atoms with van der Waals surface area (Å²) < 4.78 is 6.66. The van der Waals surface area contributed by atoms with Crippen molar-refractivity contribution in [3.05, 3.63) is 83.2 Å². The second-order valence-corrected chi connectivity index (χ2v) is 7.55. The van der Waals surface area contributed by atoms with E-state index in [4.69, 9.17) is 4.74 Å². The molecule has 0 atom stereocenters. The van der Waals surface area contributed by atoms with E-state index in [1.807, 2.05) is 42.5 Å². The molecule has 0 bridgehead atoms. The quantitative estimate of drug-likeness (QED) is 0.355. The van der Waals surface area contributed by atoms with Crippen LogP contribution in [-0.4, -0.2) is 33.4 Å². The Balaban J connectivity index is 1.60. The van der Waals surface area contributed by atoms with Gasteiger partial charge in [0.15, 0.2) is 5.16 Å². The van der Waals surface area contributed by atoms with Crippen molar-refractivity contribution in [3.8, 4) is 17.3 Å². The second-order valence-electron chi connectivity index (χ2n) is 6.61. The van der Waals surface area contributed by atoms with Crippen molar-refractivity contribution >= 4 is 34.1 Å². The van der Waals surface area contributed by atoms with Gasteiger partial charge in [0.25, 0.3) is 5.56 Å². The molecule has 2 N–H and O–H groups in total. The summed E-state index contributed by atoms with van der Waals surface area (Å²) in [4.78, 5) is 29.3. The number of nitrogens with one attached hydrogen (secondary N) is 1. The molecule has 4 aromatic rings. The number of rotatable bonds is 6. The van der Waals surface area contributed by atoms with Gasteiger partial charge in [0.2, 0.25) is 11.8 Å². The Hall–Kier alpha value is -3.78. The smallest absolute Gasteiger partial charge is 0.262 e. The fraction of sp³-hybridized carbons (Fsp3) is 0.0870. The van der Waals surface area contributed by atoms with Crippen LogP contribution in [0, 0.1) is 0 Å². The van der Waals surface area contributed by atoms with E-state index < -0.39 is 11.4 Å². The van der Waals surface area contributed by atoms with Crippen molar-refractivity contribution in [1.82, 2.24) is 9.55 Å². The minimum Gasteiger partial charge on any atom is -0.495 e. The van der Waals surface area contributed by atoms with Gasteiger partial charge in [-0.2, -0.15) is 4.98 Å². The predicted octanol–water partition coefficient (Wildman–Crippen LogP) is 3.83. The van der Waals surface area contributed by atoms with E-state index in [0.29, 0.717) is 17.1 Å². The number of hydrogen-bond acceptors (Lipinski definition) is 6. The van der Waals surface area contributed by atoms with E-state index >= 15 is 0 Å². The third-order valence-electron chi connectivity index (χ3n) is 4.60. The van der Waals surface area contributed by atoms with Crippen molar-refractivity contribution in [2.45, 2.75) is 5.16 Å². The van der Waals surface area contributed by atoms with Gasteiger partial charge >= 0.3 is 0 Å². The van der Waals surface area contributed by atoms with Crippen molar-refractivity contribution in [1.29, 1.82) is 0 Å². The van der Waals surface area contributed by atoms with Gasteiger partial charge in [-0.25, -0.2) is 0 Å². The lowest BCUT2D eigenvalue weighted by molar-refractivity contribution is -0.113. The summed E-state index contributed by atoms with van der Waals surface area (Å²) in [7, 11) is 1.50. The number of amides is 1. The van der Waals surface area contributed by atoms with Gasteiger partial charge in [-0.15, -0.1) is 0 Å². The predicted molar refractivity (Wildman–Crippen MR) is 121 cm³/mol. The molecule has 0 saturated heterocycles. The normalized spacial score (nSPS) is 10.7. The van der Waals surface area contributed by atoms with Crippen LogP contribution in [0.3, 0.4) is 0 Å². The van der Waals surface area contributed by atoms with Crippen molar-refractivity contribution < 1.29 is 14.6 Å². The third kappa shape index (κ3) is 4.39. The number of fused-ring (bicyclic) bond motifs is 1. The molecule has 3 aromatic carbocycles. The van der Waals surface area contributed by atoms with E-state index in [0.717, 1.165) is 28.6 Å². The highest BCUT2D eigenvalue weighted by Gasteiger charge is 2.16. The van der Waals surface area contributed by atoms with Gasteiger partial charge in [-0.3, -0.25) is 14.2 Å². The average molecular weight is 433 g/mol. The molecule has 156 valence electrons. The van der Waals surface area contributed by atoms with Gasteiger partial charge in [0.1, 0.15) is 5.75 Å². The van der Waals surface area contributed by atoms with E-state index in [9.17, 15) is 14.7 Å². The number of aromatic nitrogens is 2. The number of carbonyl (C=O) groups is 1. The summed E-state index contributed by atoms with van der Waals surface area (Å²) in [6.45, 7) is 0. The number of anilines is 1. The minimum atomic E-state index is -0.478. The Morgan fingerprint density at radius 2 is 1.84 bits per heavy atom. The maximum absolute atomic E-state index is 12.6. The minimum absolute atomic E-state index is 0.00569. The number of methoxy groups -OCH3 is 1. The SMILES string of the molecule is COc1ccccc1-n1c(SCC(=O)Nc2cccc3ccccc23)nc(O)cc1=O. The largest absolute Gasteiger partial charge is 0.495 e. The fourth-order valence-corrected chi connectivity index (χ4v) is 4.04. The molecule has 0 aliphatic rings. The van der Waals surface area contributed by atoms with Crippen LogP contribution in [0.4, 0.5) is 5.69 Å². The van der Waals surface area contributed by atoms with Gasteiger partial charge in [-0.05, 0) is 23.6 Å². The number of benzene rings is 3. The lowest BCUT2D eigenvalue weighted by atomic mass is 10.1. The number of para-hydroxylation sites is 2. The summed E-state index contributed by atoms with van der Waals surface area (Å²) in [5.74, 6) is -0.202. The molecule has 0 fully saturated rings. The van der Waals surface area contributed by atoms with Gasteiger partial charge in [0, 0.05) is 11.1 Å². The number of carbonyl (C=O) groups excluding carboxylic acids is 1. The Morgan fingerprint density at radius 3 is 2.68 bits per heavy atom. The maximum Gasteiger partial charge on any atom is 0.262 e. The van der Waals surface area contributed by atoms with Crippen LogP contribution in [0.2, 0.25) is 0 Å². The standard InChI is InChI=1S/C23H19N3O4S/c1-30-19-12-5-4-11-18(19)26-22(29)13-20(27)25-23(26)31-14-21(28)24-17-10-6-8-15-7-2-3-9-16(15)17/h2-13,27H,14H2,1H3,(H,24,28). The first kappa shape index (κ1) is 20.5. The van der Waals surface area contributed by atoms with Crippen molar-refractivity contribution in [2.24, 2.45) is 0 Å². The zero-order valence-electron chi connectivity index (χ0n) is 16.6. The summed E-state index contributed by atoms with van der Waals surface area (Å²) in [6, 6.07) is 21.4. The van der Waals surface area contributed by atoms with Crippen LogP contribution in [0.15, 0.2) is 82.7 Å². The lowest BCUT2D eigenvalue weighted by Gasteiger charge is -2.14. The van der Waals surface area contributed by atoms with E-state index in [1.54, 1.807) is 24.3 Å². The van der Waals surface area contributed by atoms with E-state index in [2.05, 4.69) is 10.3 Å². The molecule has 4 rings (SSSR count). The first-order valence-electron chi connectivity index (χ1n) is 9.43. The molecule has 8 heteroatoms. The van der Waals surface area contributed by atoms with Crippen LogP contribution >= 0.6 is 11.8 Å². The molecule has 31 heavy (non-hydrogen) atoms. The lowest BCUT2D eigenvalue weighted by Crippen LogP contribution is -2.22. The van der Waals surface area contributed by atoms with E-state index in [-0.39, 0.29) is 16.8 Å². The first-order valence-corrected chi connectivity index (χ1v) is 10.4. The monoisotopic (exact) mass is 433 g/mol. The number of hydrogen-bond donors (Lipinski definition) is 2. The highest BCUT2D eigenvalue weighted by atomic mass is 32.2. The average Bonchev–Trinajstić information content (AvgIpc) is 2.78. The second kappa shape index (κ2) is 8.93. The molecule has 0 unspecified atom stereocenters. The highest BCUT2D eigenvalue weighted by Crippen LogP contribution is 2.27. The molecule has 0 spiro atoms. The molecular weight excluding hydrogens is 414 g/mol. The third-order valence-corrected chi connectivity index (χ3v) is 5.54. The van der Waals surface area contributed by atoms with Gasteiger partial charge in [-0.1, -0.05) is 60.3 Å². The van der Waals surface area contributed by atoms with Crippen LogP contribution in [0.5, 0.6) is 11.6 Å². The van der Waals surface area contributed by atoms with Crippen molar-refractivity contribution in [3.63, 3.8) is 0 Å². The number of nitrogens with zero attached hydrogens (tertiary/aromatic N) is 2. The molecular formula is C23H19N3O4S. The van der Waals surface area contributed by atoms with Gasteiger partial charge in [0.05, 0.1) is 24.6 Å². The molecule has 0 aliphatic carbocycles. The summed E-state index contributed by atoms with van der Waals surface area (Å²) >= 11 is 1.05. The topological polar surface area (TPSA) is 93.4 Å². The number of thioether (sulfide) groups is 1. The Kier molecular flexibility index (Phi) is 5.90.